The fraction of sp³-hybridized carbons (Fsp3) is 0.556. The van der Waals surface area contributed by atoms with E-state index in [-0.39, 0.29) is 5.82 Å². The van der Waals surface area contributed by atoms with E-state index in [2.05, 4.69) is 9.51 Å². The fourth-order valence-corrected chi connectivity index (χ4v) is 2.21. The van der Waals surface area contributed by atoms with E-state index in [1.807, 2.05) is 0 Å². The number of ether oxygens (including phenoxy) is 1. The Balaban J connectivity index is 2.16. The van der Waals surface area contributed by atoms with Crippen LogP contribution in [-0.2, 0) is 13.8 Å². The van der Waals surface area contributed by atoms with E-state index in [9.17, 15) is 29.4 Å². The summed E-state index contributed by atoms with van der Waals surface area (Å²) < 4.78 is 20.4. The lowest BCUT2D eigenvalue weighted by atomic mass is 10.1. The molecule has 1 fully saturated rings. The van der Waals surface area contributed by atoms with Crippen LogP contribution in [0.4, 0.5) is 5.82 Å². The van der Waals surface area contributed by atoms with Crippen LogP contribution in [0.2, 0.25) is 0 Å². The van der Waals surface area contributed by atoms with E-state index < -0.39 is 44.7 Å². The van der Waals surface area contributed by atoms with Crippen LogP contribution < -0.4 is 21.2 Å². The number of aliphatic hydroxyl groups is 2. The monoisotopic (exact) mass is 321 g/mol. The zero-order chi connectivity index (χ0) is 15.8. The van der Waals surface area contributed by atoms with Crippen LogP contribution in [0.5, 0.6) is 0 Å². The highest BCUT2D eigenvalue weighted by molar-refractivity contribution is 7.43. The van der Waals surface area contributed by atoms with Crippen molar-refractivity contribution in [3.05, 3.63) is 22.7 Å². The Labute approximate surface area is 117 Å². The van der Waals surface area contributed by atoms with Gasteiger partial charge in [0.05, 0.1) is 14.4 Å². The highest BCUT2D eigenvalue weighted by atomic mass is 31.2. The highest BCUT2D eigenvalue weighted by Gasteiger charge is 2.44. The summed E-state index contributed by atoms with van der Waals surface area (Å²) in [6.07, 6.45) is -4.51. The normalized spacial score (nSPS) is 29.7. The maximum Gasteiger partial charge on any atom is 0.351 e. The molecule has 0 aromatic carbocycles. The smallest absolute Gasteiger partial charge is 0.351 e. The van der Waals surface area contributed by atoms with Gasteiger partial charge in [0.2, 0.25) is 0 Å². The Morgan fingerprint density at radius 1 is 1.48 bits per heavy atom. The summed E-state index contributed by atoms with van der Waals surface area (Å²) in [6, 6.07) is 1.27. The predicted molar refractivity (Wildman–Crippen MR) is 62.4 cm³/mol. The molecule has 0 unspecified atom stereocenters. The van der Waals surface area contributed by atoms with Gasteiger partial charge in [0.25, 0.3) is 0 Å². The SMILES string of the molecule is Nc1ccn([C@@H]2O[C@@H](COP(=O)([O-])[O-])[C@@H](O)[C@H]2O)c(=O)n1. The van der Waals surface area contributed by atoms with Crippen LogP contribution in [-0.4, -0.2) is 44.7 Å². The topological polar surface area (TPSA) is 183 Å². The van der Waals surface area contributed by atoms with Gasteiger partial charge in [0.15, 0.2) is 6.23 Å². The molecule has 4 atom stereocenters. The first-order valence-electron chi connectivity index (χ1n) is 5.72. The molecule has 0 radical (unpaired) electrons. The van der Waals surface area contributed by atoms with E-state index >= 15 is 0 Å². The molecule has 11 nitrogen and oxygen atoms in total. The van der Waals surface area contributed by atoms with Gasteiger partial charge in [0.1, 0.15) is 24.1 Å². The van der Waals surface area contributed by atoms with Gasteiger partial charge in [-0.3, -0.25) is 4.57 Å². The minimum atomic E-state index is -5.24. The molecule has 0 bridgehead atoms. The average molecular weight is 321 g/mol. The predicted octanol–water partition coefficient (Wildman–Crippen LogP) is -3.71. The van der Waals surface area contributed by atoms with Crippen molar-refractivity contribution in [1.29, 1.82) is 0 Å². The number of phosphoric ester groups is 1. The van der Waals surface area contributed by atoms with Crippen LogP contribution in [0.25, 0.3) is 0 Å². The molecule has 4 N–H and O–H groups in total. The Kier molecular flexibility index (Phi) is 4.44. The van der Waals surface area contributed by atoms with Gasteiger partial charge in [-0.15, -0.1) is 0 Å². The van der Waals surface area contributed by atoms with E-state index in [0.717, 1.165) is 4.57 Å². The summed E-state index contributed by atoms with van der Waals surface area (Å²) in [5.41, 5.74) is 4.49. The second-order valence-electron chi connectivity index (χ2n) is 4.33. The number of rotatable bonds is 4. The molecule has 0 amide bonds. The number of hydrogen-bond acceptors (Lipinski definition) is 10. The Morgan fingerprint density at radius 2 is 2.14 bits per heavy atom. The van der Waals surface area contributed by atoms with Gasteiger partial charge in [-0.25, -0.2) is 4.79 Å². The summed E-state index contributed by atoms with van der Waals surface area (Å²) in [7, 11) is -5.24. The van der Waals surface area contributed by atoms with Crippen LogP contribution >= 0.6 is 7.82 Å². The van der Waals surface area contributed by atoms with Crippen molar-refractivity contribution in [2.45, 2.75) is 24.5 Å². The number of nitrogens with zero attached hydrogens (tertiary/aromatic N) is 2. The molecule has 1 aliphatic heterocycles. The largest absolute Gasteiger partial charge is 0.790 e. The lowest BCUT2D eigenvalue weighted by molar-refractivity contribution is -0.343. The van der Waals surface area contributed by atoms with Gasteiger partial charge in [0, 0.05) is 6.20 Å². The first kappa shape index (κ1) is 16.0. The Morgan fingerprint density at radius 3 is 2.71 bits per heavy atom. The number of nitrogen functional groups attached to an aromatic ring is 1. The van der Waals surface area contributed by atoms with E-state index in [0.29, 0.717) is 0 Å². The van der Waals surface area contributed by atoms with Crippen molar-refractivity contribution in [1.82, 2.24) is 9.55 Å². The molecule has 118 valence electrons. The third-order valence-electron chi connectivity index (χ3n) is 2.86. The third-order valence-corrected chi connectivity index (χ3v) is 3.33. The molecule has 1 aromatic heterocycles. The second-order valence-corrected chi connectivity index (χ2v) is 5.48. The number of aromatic nitrogens is 2. The highest BCUT2D eigenvalue weighted by Crippen LogP contribution is 2.32. The van der Waals surface area contributed by atoms with E-state index in [4.69, 9.17) is 10.5 Å². The second kappa shape index (κ2) is 5.81. The van der Waals surface area contributed by atoms with Gasteiger partial charge in [-0.1, -0.05) is 0 Å². The van der Waals surface area contributed by atoms with Crippen molar-refractivity contribution >= 4 is 13.6 Å². The molecule has 1 saturated heterocycles. The molecule has 2 heterocycles. The summed E-state index contributed by atoms with van der Waals surface area (Å²) in [5, 5.41) is 19.6. The van der Waals surface area contributed by atoms with Gasteiger partial charge < -0.3 is 39.6 Å². The molecule has 21 heavy (non-hydrogen) atoms. The third kappa shape index (κ3) is 3.66. The van der Waals surface area contributed by atoms with E-state index in [1.54, 1.807) is 0 Å². The first-order chi connectivity index (χ1) is 9.69. The van der Waals surface area contributed by atoms with Crippen LogP contribution in [0.1, 0.15) is 6.23 Å². The summed E-state index contributed by atoms with van der Waals surface area (Å²) >= 11 is 0. The molecule has 1 aromatic rings. The zero-order valence-electron chi connectivity index (χ0n) is 10.4. The molecule has 1 aliphatic rings. The van der Waals surface area contributed by atoms with Gasteiger partial charge in [-0.05, 0) is 6.07 Å². The van der Waals surface area contributed by atoms with E-state index in [1.165, 1.54) is 12.3 Å². The van der Waals surface area contributed by atoms with Crippen molar-refractivity contribution in [2.24, 2.45) is 0 Å². The lowest BCUT2D eigenvalue weighted by Crippen LogP contribution is -2.36. The maximum absolute atomic E-state index is 11.6. The molecule has 0 saturated carbocycles. The minimum absolute atomic E-state index is 0.0391. The Bertz CT molecular complexity index is 615. The average Bonchev–Trinajstić information content (AvgIpc) is 2.64. The Hall–Kier alpha value is -1.33. The lowest BCUT2D eigenvalue weighted by Gasteiger charge is -2.30. The summed E-state index contributed by atoms with van der Waals surface area (Å²) in [5.74, 6) is -0.0391. The molecule has 12 heteroatoms. The molecular weight excluding hydrogens is 309 g/mol. The summed E-state index contributed by atoms with van der Waals surface area (Å²) in [6.45, 7) is -0.782. The zero-order valence-corrected chi connectivity index (χ0v) is 11.3. The fourth-order valence-electron chi connectivity index (χ4n) is 1.88. The number of anilines is 1. The quantitative estimate of drug-likeness (QED) is 0.466. The first-order valence-corrected chi connectivity index (χ1v) is 7.18. The number of phosphoric acid groups is 1. The number of aliphatic hydroxyl groups excluding tert-OH is 2. The van der Waals surface area contributed by atoms with Crippen molar-refractivity contribution in [2.75, 3.05) is 12.3 Å². The van der Waals surface area contributed by atoms with Crippen LogP contribution in [0.3, 0.4) is 0 Å². The van der Waals surface area contributed by atoms with Crippen LogP contribution in [0.15, 0.2) is 17.1 Å². The molecule has 2 rings (SSSR count). The number of nitrogens with two attached hydrogens (primary N) is 1. The van der Waals surface area contributed by atoms with Crippen LogP contribution in [0, 0.1) is 0 Å². The van der Waals surface area contributed by atoms with Gasteiger partial charge in [-0.2, -0.15) is 4.98 Å². The standard InChI is InChI=1S/C9H14N3O8P/c10-5-1-2-12(9(15)11-5)8-7(14)6(13)4(20-8)3-19-21(16,17)18/h1-2,4,6-8,13-14H,3H2,(H2,10,11,15)(H2,16,17,18)/p-2/t4-,6+,7+,8+/m0/s1. The number of hydrogen-bond donors (Lipinski definition) is 3. The maximum atomic E-state index is 11.6. The van der Waals surface area contributed by atoms with Crippen molar-refractivity contribution < 1.29 is 33.8 Å². The molecule has 0 spiro atoms. The van der Waals surface area contributed by atoms with Crippen molar-refractivity contribution in [3.8, 4) is 0 Å². The summed E-state index contributed by atoms with van der Waals surface area (Å²) in [4.78, 5) is 35.8. The van der Waals surface area contributed by atoms with Crippen molar-refractivity contribution in [3.63, 3.8) is 0 Å². The molecular formula is C9H12N3O8P-2. The van der Waals surface area contributed by atoms with Gasteiger partial charge >= 0.3 is 5.69 Å². The minimum Gasteiger partial charge on any atom is -0.790 e. The molecule has 0 aliphatic carbocycles.